The Labute approximate surface area is 145 Å². The molecular weight excluding hydrogens is 321 g/mol. The van der Waals surface area contributed by atoms with Crippen molar-refractivity contribution in [2.45, 2.75) is 32.2 Å². The van der Waals surface area contributed by atoms with Crippen LogP contribution in [0, 0.1) is 5.95 Å². The third kappa shape index (κ3) is 3.19. The van der Waals surface area contributed by atoms with E-state index in [1.54, 1.807) is 23.6 Å². The summed E-state index contributed by atoms with van der Waals surface area (Å²) in [5, 5.41) is 1.19. The number of aromatic nitrogens is 2. The van der Waals surface area contributed by atoms with Gasteiger partial charge >= 0.3 is 0 Å². The van der Waals surface area contributed by atoms with Crippen LogP contribution in [0.3, 0.4) is 0 Å². The zero-order chi connectivity index (χ0) is 16.5. The second-order valence-corrected chi connectivity index (χ2v) is 7.55. The first-order valence-corrected chi connectivity index (χ1v) is 9.26. The van der Waals surface area contributed by atoms with E-state index in [0.29, 0.717) is 6.04 Å². The molecule has 1 aromatic carbocycles. The summed E-state index contributed by atoms with van der Waals surface area (Å²) in [7, 11) is 0. The average molecular weight is 341 g/mol. The van der Waals surface area contributed by atoms with E-state index in [0.717, 1.165) is 29.6 Å². The van der Waals surface area contributed by atoms with E-state index in [4.69, 9.17) is 4.98 Å². The number of likely N-dealkylation sites (tertiary alicyclic amines) is 1. The lowest BCUT2D eigenvalue weighted by Gasteiger charge is -2.19. The van der Waals surface area contributed by atoms with Gasteiger partial charge in [0.15, 0.2) is 0 Å². The van der Waals surface area contributed by atoms with E-state index in [1.807, 2.05) is 0 Å². The largest absolute Gasteiger partial charge is 0.300 e. The van der Waals surface area contributed by atoms with E-state index in [9.17, 15) is 4.39 Å². The van der Waals surface area contributed by atoms with Crippen molar-refractivity contribution in [3.05, 3.63) is 47.5 Å². The molecule has 1 atom stereocenters. The molecule has 0 N–H and O–H groups in total. The number of rotatable bonds is 4. The molecule has 0 bridgehead atoms. The summed E-state index contributed by atoms with van der Waals surface area (Å²) < 4.78 is 14.2. The standard InChI is InChI=1S/C19H20FN3S/c1-13-3-2-9-23(13)10-8-19-22-16-11-14(4-6-17(16)24-19)15-5-7-18(20)21-12-15/h4-7,11-13H,2-3,8-10H2,1H3. The Morgan fingerprint density at radius 1 is 1.25 bits per heavy atom. The predicted octanol–water partition coefficient (Wildman–Crippen LogP) is 4.52. The lowest BCUT2D eigenvalue weighted by atomic mass is 10.1. The smallest absolute Gasteiger partial charge is 0.212 e. The zero-order valence-electron chi connectivity index (χ0n) is 13.7. The van der Waals surface area contributed by atoms with Crippen molar-refractivity contribution in [1.29, 1.82) is 0 Å². The third-order valence-electron chi connectivity index (χ3n) is 4.80. The van der Waals surface area contributed by atoms with Crippen molar-refractivity contribution < 1.29 is 4.39 Å². The second kappa shape index (κ2) is 6.57. The Balaban J connectivity index is 1.53. The summed E-state index contributed by atoms with van der Waals surface area (Å²) in [5.41, 5.74) is 2.96. The maximum Gasteiger partial charge on any atom is 0.212 e. The molecule has 2 aromatic heterocycles. The monoisotopic (exact) mass is 341 g/mol. The number of fused-ring (bicyclic) bond motifs is 1. The summed E-state index contributed by atoms with van der Waals surface area (Å²) in [6, 6.07) is 10.1. The highest BCUT2D eigenvalue weighted by molar-refractivity contribution is 7.18. The summed E-state index contributed by atoms with van der Waals surface area (Å²) in [4.78, 5) is 11.1. The van der Waals surface area contributed by atoms with E-state index < -0.39 is 5.95 Å². The van der Waals surface area contributed by atoms with E-state index >= 15 is 0 Å². The van der Waals surface area contributed by atoms with Crippen LogP contribution in [0.1, 0.15) is 24.8 Å². The fourth-order valence-corrected chi connectivity index (χ4v) is 4.31. The van der Waals surface area contributed by atoms with Crippen molar-refractivity contribution in [3.63, 3.8) is 0 Å². The van der Waals surface area contributed by atoms with Gasteiger partial charge in [0.2, 0.25) is 5.95 Å². The molecule has 1 unspecified atom stereocenters. The van der Waals surface area contributed by atoms with E-state index in [1.165, 1.54) is 35.2 Å². The number of nitrogens with zero attached hydrogens (tertiary/aromatic N) is 3. The van der Waals surface area contributed by atoms with Crippen molar-refractivity contribution in [1.82, 2.24) is 14.9 Å². The molecular formula is C19H20FN3S. The molecule has 5 heteroatoms. The van der Waals surface area contributed by atoms with E-state index in [-0.39, 0.29) is 0 Å². The van der Waals surface area contributed by atoms with E-state index in [2.05, 4.69) is 35.0 Å². The molecule has 124 valence electrons. The van der Waals surface area contributed by atoms with Crippen LogP contribution < -0.4 is 0 Å². The Kier molecular flexibility index (Phi) is 4.29. The van der Waals surface area contributed by atoms with Gasteiger partial charge in [-0.25, -0.2) is 9.97 Å². The van der Waals surface area contributed by atoms with Gasteiger partial charge in [0.1, 0.15) is 0 Å². The molecule has 0 radical (unpaired) electrons. The fraction of sp³-hybridized carbons (Fsp3) is 0.368. The number of benzene rings is 1. The number of pyridine rings is 1. The summed E-state index contributed by atoms with van der Waals surface area (Å²) >= 11 is 1.77. The third-order valence-corrected chi connectivity index (χ3v) is 5.89. The lowest BCUT2D eigenvalue weighted by molar-refractivity contribution is 0.272. The van der Waals surface area contributed by atoms with Crippen LogP contribution in [0.4, 0.5) is 4.39 Å². The second-order valence-electron chi connectivity index (χ2n) is 6.44. The molecule has 0 aliphatic carbocycles. The number of hydrogen-bond donors (Lipinski definition) is 0. The van der Waals surface area contributed by atoms with Gasteiger partial charge < -0.3 is 4.90 Å². The SMILES string of the molecule is CC1CCCN1CCc1nc2cc(-c3ccc(F)nc3)ccc2s1. The molecule has 3 aromatic rings. The molecule has 24 heavy (non-hydrogen) atoms. The van der Waals surface area contributed by atoms with Gasteiger partial charge in [-0.1, -0.05) is 6.07 Å². The van der Waals surface area contributed by atoms with Crippen LogP contribution in [0.2, 0.25) is 0 Å². The molecule has 0 saturated carbocycles. The van der Waals surface area contributed by atoms with Crippen molar-refractivity contribution in [3.8, 4) is 11.1 Å². The van der Waals surface area contributed by atoms with Crippen LogP contribution in [-0.4, -0.2) is 34.0 Å². The van der Waals surface area contributed by atoms with Gasteiger partial charge in [-0.05, 0) is 56.1 Å². The minimum atomic E-state index is -0.452. The van der Waals surface area contributed by atoms with Gasteiger partial charge in [0, 0.05) is 30.8 Å². The van der Waals surface area contributed by atoms with Gasteiger partial charge in [-0.15, -0.1) is 11.3 Å². The molecule has 1 fully saturated rings. The number of thiazole rings is 1. The van der Waals surface area contributed by atoms with Crippen LogP contribution in [-0.2, 0) is 6.42 Å². The van der Waals surface area contributed by atoms with Crippen LogP contribution in [0.5, 0.6) is 0 Å². The molecule has 3 nitrogen and oxygen atoms in total. The first kappa shape index (κ1) is 15.7. The Morgan fingerprint density at radius 3 is 2.88 bits per heavy atom. The first-order valence-electron chi connectivity index (χ1n) is 8.44. The number of hydrogen-bond acceptors (Lipinski definition) is 4. The summed E-state index contributed by atoms with van der Waals surface area (Å²) in [6.45, 7) is 4.62. The Hall–Kier alpha value is -1.85. The van der Waals surface area contributed by atoms with Crippen molar-refractivity contribution in [2.24, 2.45) is 0 Å². The molecule has 0 spiro atoms. The maximum atomic E-state index is 13.0. The fourth-order valence-electron chi connectivity index (χ4n) is 3.37. The minimum Gasteiger partial charge on any atom is -0.300 e. The quantitative estimate of drug-likeness (QED) is 0.653. The van der Waals surface area contributed by atoms with Crippen LogP contribution in [0.25, 0.3) is 21.3 Å². The first-order chi connectivity index (χ1) is 11.7. The lowest BCUT2D eigenvalue weighted by Crippen LogP contribution is -2.28. The summed E-state index contributed by atoms with van der Waals surface area (Å²) in [5.74, 6) is -0.452. The predicted molar refractivity (Wildman–Crippen MR) is 96.8 cm³/mol. The number of halogens is 1. The van der Waals surface area contributed by atoms with Gasteiger partial charge in [0.05, 0.1) is 15.2 Å². The molecule has 1 aliphatic heterocycles. The van der Waals surface area contributed by atoms with Crippen molar-refractivity contribution in [2.75, 3.05) is 13.1 Å². The normalized spacial score (nSPS) is 18.5. The highest BCUT2D eigenvalue weighted by atomic mass is 32.1. The maximum absolute atomic E-state index is 13.0. The van der Waals surface area contributed by atoms with Gasteiger partial charge in [-0.2, -0.15) is 4.39 Å². The van der Waals surface area contributed by atoms with Crippen molar-refractivity contribution >= 4 is 21.6 Å². The molecule has 4 rings (SSSR count). The van der Waals surface area contributed by atoms with Gasteiger partial charge in [-0.3, -0.25) is 0 Å². The van der Waals surface area contributed by atoms with Gasteiger partial charge in [0.25, 0.3) is 0 Å². The molecule has 0 amide bonds. The Bertz CT molecular complexity index is 843. The highest BCUT2D eigenvalue weighted by Gasteiger charge is 2.20. The minimum absolute atomic E-state index is 0.452. The highest BCUT2D eigenvalue weighted by Crippen LogP contribution is 2.28. The van der Waals surface area contributed by atoms with Crippen LogP contribution in [0.15, 0.2) is 36.5 Å². The van der Waals surface area contributed by atoms with Crippen LogP contribution >= 0.6 is 11.3 Å². The molecule has 1 saturated heterocycles. The molecule has 1 aliphatic rings. The zero-order valence-corrected chi connectivity index (χ0v) is 14.5. The topological polar surface area (TPSA) is 29.0 Å². The Morgan fingerprint density at radius 2 is 2.12 bits per heavy atom. The molecule has 3 heterocycles. The average Bonchev–Trinajstić information content (AvgIpc) is 3.18. The summed E-state index contributed by atoms with van der Waals surface area (Å²) in [6.07, 6.45) is 5.21.